The van der Waals surface area contributed by atoms with Crippen LogP contribution in [0.3, 0.4) is 0 Å². The fraction of sp³-hybridized carbons (Fsp3) is 0.250. The van der Waals surface area contributed by atoms with Crippen LogP contribution in [0.15, 0.2) is 36.5 Å². The highest BCUT2D eigenvalue weighted by molar-refractivity contribution is 7.09. The van der Waals surface area contributed by atoms with Crippen LogP contribution in [0.5, 0.6) is 0 Å². The first kappa shape index (κ1) is 17.7. The third-order valence-corrected chi connectivity index (χ3v) is 5.88. The van der Waals surface area contributed by atoms with Gasteiger partial charge in [0.1, 0.15) is 10.7 Å². The van der Waals surface area contributed by atoms with E-state index in [9.17, 15) is 4.79 Å². The minimum Gasteiger partial charge on any atom is -0.357 e. The van der Waals surface area contributed by atoms with Gasteiger partial charge in [-0.25, -0.2) is 9.97 Å². The smallest absolute Gasteiger partial charge is 0.257 e. The summed E-state index contributed by atoms with van der Waals surface area (Å²) in [6.45, 7) is 3.96. The highest BCUT2D eigenvalue weighted by Gasteiger charge is 2.15. The Labute approximate surface area is 171 Å². The number of H-pyrrole nitrogens is 1. The van der Waals surface area contributed by atoms with E-state index in [1.165, 1.54) is 24.4 Å². The van der Waals surface area contributed by atoms with Gasteiger partial charge in [0.25, 0.3) is 5.91 Å². The van der Waals surface area contributed by atoms with Crippen LogP contribution in [0.1, 0.15) is 28.9 Å². The molecular formula is C20H19N7OS. The molecule has 146 valence electrons. The molecule has 0 saturated carbocycles. The van der Waals surface area contributed by atoms with E-state index >= 15 is 0 Å². The highest BCUT2D eigenvalue weighted by atomic mass is 32.1. The molecule has 0 spiro atoms. The van der Waals surface area contributed by atoms with Crippen molar-refractivity contribution in [3.05, 3.63) is 47.8 Å². The number of rotatable bonds is 4. The molecule has 4 aromatic rings. The van der Waals surface area contributed by atoms with Crippen LogP contribution < -0.4 is 10.2 Å². The van der Waals surface area contributed by atoms with Crippen molar-refractivity contribution in [3.8, 4) is 10.7 Å². The summed E-state index contributed by atoms with van der Waals surface area (Å²) in [5, 5.41) is 6.96. The zero-order chi connectivity index (χ0) is 19.8. The molecule has 0 unspecified atom stereocenters. The van der Waals surface area contributed by atoms with E-state index in [0.717, 1.165) is 46.3 Å². The van der Waals surface area contributed by atoms with Crippen molar-refractivity contribution in [3.63, 3.8) is 0 Å². The van der Waals surface area contributed by atoms with Crippen molar-refractivity contribution in [2.45, 2.75) is 19.8 Å². The summed E-state index contributed by atoms with van der Waals surface area (Å²) in [7, 11) is 0. The van der Waals surface area contributed by atoms with Gasteiger partial charge in [-0.3, -0.25) is 4.79 Å². The lowest BCUT2D eigenvalue weighted by molar-refractivity contribution is 0.102. The standard InChI is InChI=1S/C20H19N7OS/c1-12-18(29-26-25-12)19-23-15-6-5-14(10-16(15)24-19)22-20(28)13-4-7-17(21-11-13)27-8-2-3-9-27/h4-7,10-11H,2-3,8-9H2,1H3,(H,22,28)(H,23,24). The summed E-state index contributed by atoms with van der Waals surface area (Å²) in [5.41, 5.74) is 3.73. The third-order valence-electron chi connectivity index (χ3n) is 5.05. The molecule has 0 bridgehead atoms. The number of carbonyl (C=O) groups excluding carboxylic acids is 1. The largest absolute Gasteiger partial charge is 0.357 e. The number of hydrogen-bond acceptors (Lipinski definition) is 7. The molecule has 2 N–H and O–H groups in total. The predicted molar refractivity (Wildman–Crippen MR) is 113 cm³/mol. The predicted octanol–water partition coefficient (Wildman–Crippen LogP) is 3.64. The second-order valence-electron chi connectivity index (χ2n) is 7.06. The van der Waals surface area contributed by atoms with Crippen molar-refractivity contribution in [2.75, 3.05) is 23.3 Å². The summed E-state index contributed by atoms with van der Waals surface area (Å²) < 4.78 is 3.96. The summed E-state index contributed by atoms with van der Waals surface area (Å²) in [6, 6.07) is 9.33. The molecule has 1 amide bonds. The average molecular weight is 405 g/mol. The Morgan fingerprint density at radius 3 is 2.79 bits per heavy atom. The van der Waals surface area contributed by atoms with Crippen LogP contribution in [-0.4, -0.2) is 43.5 Å². The van der Waals surface area contributed by atoms with Gasteiger partial charge in [-0.1, -0.05) is 4.49 Å². The van der Waals surface area contributed by atoms with Gasteiger partial charge < -0.3 is 15.2 Å². The van der Waals surface area contributed by atoms with Crippen molar-refractivity contribution < 1.29 is 4.79 Å². The monoisotopic (exact) mass is 405 g/mol. The van der Waals surface area contributed by atoms with Gasteiger partial charge in [0.15, 0.2) is 5.82 Å². The van der Waals surface area contributed by atoms with Gasteiger partial charge in [-0.05, 0) is 61.6 Å². The highest BCUT2D eigenvalue weighted by Crippen LogP contribution is 2.27. The number of nitrogens with one attached hydrogen (secondary N) is 2. The number of pyridine rings is 1. The van der Waals surface area contributed by atoms with Crippen LogP contribution in [0.25, 0.3) is 21.7 Å². The molecule has 9 heteroatoms. The number of fused-ring (bicyclic) bond motifs is 1. The summed E-state index contributed by atoms with van der Waals surface area (Å²) >= 11 is 1.31. The third kappa shape index (κ3) is 3.44. The van der Waals surface area contributed by atoms with Crippen molar-refractivity contribution in [1.82, 2.24) is 24.5 Å². The number of carbonyl (C=O) groups is 1. The molecule has 4 heterocycles. The number of hydrogen-bond donors (Lipinski definition) is 2. The van der Waals surface area contributed by atoms with Crippen molar-refractivity contribution in [2.24, 2.45) is 0 Å². The Kier molecular flexibility index (Phi) is 4.44. The average Bonchev–Trinajstić information content (AvgIpc) is 3.48. The Balaban J connectivity index is 1.34. The van der Waals surface area contributed by atoms with Crippen LogP contribution in [-0.2, 0) is 0 Å². The summed E-state index contributed by atoms with van der Waals surface area (Å²) in [6.07, 6.45) is 4.02. The first-order valence-corrected chi connectivity index (χ1v) is 10.3. The van der Waals surface area contributed by atoms with Crippen molar-refractivity contribution in [1.29, 1.82) is 0 Å². The number of aromatic nitrogens is 5. The number of imidazole rings is 1. The Bertz CT molecular complexity index is 1180. The maximum atomic E-state index is 12.6. The molecule has 1 aromatic carbocycles. The quantitative estimate of drug-likeness (QED) is 0.538. The van der Waals surface area contributed by atoms with Crippen molar-refractivity contribution >= 4 is 40.0 Å². The maximum absolute atomic E-state index is 12.6. The van der Waals surface area contributed by atoms with Crippen LogP contribution in [0, 0.1) is 6.92 Å². The van der Waals surface area contributed by atoms with Gasteiger partial charge >= 0.3 is 0 Å². The van der Waals surface area contributed by atoms with Gasteiger partial charge in [0.2, 0.25) is 0 Å². The van der Waals surface area contributed by atoms with E-state index in [1.54, 1.807) is 6.20 Å². The lowest BCUT2D eigenvalue weighted by Crippen LogP contribution is -2.19. The molecule has 1 aliphatic rings. The fourth-order valence-electron chi connectivity index (χ4n) is 3.50. The van der Waals surface area contributed by atoms with Crippen LogP contribution in [0.2, 0.25) is 0 Å². The summed E-state index contributed by atoms with van der Waals surface area (Å²) in [5.74, 6) is 1.48. The number of benzene rings is 1. The SMILES string of the molecule is Cc1nnsc1-c1nc2ccc(NC(=O)c3ccc(N4CCCC4)nc3)cc2[nH]1. The van der Waals surface area contributed by atoms with Gasteiger partial charge in [-0.2, -0.15) is 0 Å². The molecule has 0 aliphatic carbocycles. The van der Waals surface area contributed by atoms with Crippen LogP contribution in [0.4, 0.5) is 11.5 Å². The number of nitrogens with zero attached hydrogens (tertiary/aromatic N) is 5. The number of amides is 1. The van der Waals surface area contributed by atoms with Gasteiger partial charge in [0, 0.05) is 25.0 Å². The molecule has 8 nitrogen and oxygen atoms in total. The molecule has 1 saturated heterocycles. The minimum atomic E-state index is -0.188. The maximum Gasteiger partial charge on any atom is 0.257 e. The van der Waals surface area contributed by atoms with Gasteiger partial charge in [0.05, 0.1) is 22.3 Å². The topological polar surface area (TPSA) is 99.7 Å². The normalized spacial score (nSPS) is 13.9. The molecule has 29 heavy (non-hydrogen) atoms. The zero-order valence-electron chi connectivity index (χ0n) is 15.8. The van der Waals surface area contributed by atoms with E-state index in [-0.39, 0.29) is 5.91 Å². The van der Waals surface area contributed by atoms with E-state index in [2.05, 4.69) is 34.8 Å². The Hall–Kier alpha value is -3.33. The lowest BCUT2D eigenvalue weighted by atomic mass is 10.2. The number of anilines is 2. The molecule has 0 atom stereocenters. The fourth-order valence-corrected chi connectivity index (χ4v) is 4.10. The van der Waals surface area contributed by atoms with Gasteiger partial charge in [-0.15, -0.1) is 5.10 Å². The van der Waals surface area contributed by atoms with E-state index in [4.69, 9.17) is 0 Å². The Morgan fingerprint density at radius 2 is 2.07 bits per heavy atom. The van der Waals surface area contributed by atoms with Crippen LogP contribution >= 0.6 is 11.5 Å². The first-order chi connectivity index (χ1) is 14.2. The number of aryl methyl sites for hydroxylation is 1. The second kappa shape index (κ2) is 7.25. The lowest BCUT2D eigenvalue weighted by Gasteiger charge is -2.16. The first-order valence-electron chi connectivity index (χ1n) is 9.49. The minimum absolute atomic E-state index is 0.188. The molecule has 1 fully saturated rings. The molecule has 3 aromatic heterocycles. The molecule has 1 aliphatic heterocycles. The van der Waals surface area contributed by atoms with E-state index < -0.39 is 0 Å². The molecule has 5 rings (SSSR count). The molecule has 0 radical (unpaired) electrons. The summed E-state index contributed by atoms with van der Waals surface area (Å²) in [4.78, 5) is 28.1. The number of aromatic amines is 1. The molecular weight excluding hydrogens is 386 g/mol. The Morgan fingerprint density at radius 1 is 1.21 bits per heavy atom. The zero-order valence-corrected chi connectivity index (χ0v) is 16.7. The second-order valence-corrected chi connectivity index (χ2v) is 7.81. The van der Waals surface area contributed by atoms with E-state index in [1.807, 2.05) is 37.3 Å². The van der Waals surface area contributed by atoms with E-state index in [0.29, 0.717) is 11.3 Å².